The van der Waals surface area contributed by atoms with Gasteiger partial charge in [-0.2, -0.15) is 4.98 Å². The fourth-order valence-corrected chi connectivity index (χ4v) is 1.55. The molecule has 0 bridgehead atoms. The van der Waals surface area contributed by atoms with E-state index >= 15 is 0 Å². The van der Waals surface area contributed by atoms with Gasteiger partial charge in [-0.25, -0.2) is 9.97 Å². The Morgan fingerprint density at radius 1 is 1.53 bits per heavy atom. The number of imidazole rings is 1. The number of aromatic nitrogens is 4. The quantitative estimate of drug-likeness (QED) is 0.811. The normalized spacial score (nSPS) is 13.3. The molecule has 80 valence electrons. The molecular formula is C9H11ClN4O. The maximum atomic E-state index is 9.82. The average molecular weight is 227 g/mol. The molecule has 6 heteroatoms. The minimum absolute atomic E-state index is 0.160. The third-order valence-electron chi connectivity index (χ3n) is 2.15. The monoisotopic (exact) mass is 226 g/mol. The molecule has 2 aromatic heterocycles. The summed E-state index contributed by atoms with van der Waals surface area (Å²) in [5.41, 5.74) is 1.20. The zero-order chi connectivity index (χ0) is 10.8. The lowest BCUT2D eigenvalue weighted by Crippen LogP contribution is -2.07. The van der Waals surface area contributed by atoms with Crippen LogP contribution in [0, 0.1) is 0 Å². The zero-order valence-electron chi connectivity index (χ0n) is 8.26. The van der Waals surface area contributed by atoms with Gasteiger partial charge >= 0.3 is 0 Å². The second-order valence-electron chi connectivity index (χ2n) is 3.27. The Morgan fingerprint density at radius 2 is 2.33 bits per heavy atom. The molecule has 2 heterocycles. The molecule has 2 aromatic rings. The van der Waals surface area contributed by atoms with Crippen LogP contribution in [0.3, 0.4) is 0 Å². The highest BCUT2D eigenvalue weighted by Gasteiger charge is 2.11. The summed E-state index contributed by atoms with van der Waals surface area (Å²) in [6.45, 7) is 2.00. The van der Waals surface area contributed by atoms with E-state index in [9.17, 15) is 5.11 Å². The van der Waals surface area contributed by atoms with Crippen molar-refractivity contribution in [1.29, 1.82) is 0 Å². The summed E-state index contributed by atoms with van der Waals surface area (Å²) >= 11 is 5.68. The van der Waals surface area contributed by atoms with E-state index in [2.05, 4.69) is 15.0 Å². The molecule has 0 aliphatic heterocycles. The van der Waals surface area contributed by atoms with Crippen molar-refractivity contribution in [3.8, 4) is 0 Å². The van der Waals surface area contributed by atoms with Crippen molar-refractivity contribution in [2.24, 2.45) is 0 Å². The number of hydrogen-bond donors (Lipinski definition) is 1. The number of fused-ring (bicyclic) bond motifs is 1. The summed E-state index contributed by atoms with van der Waals surface area (Å²) in [5, 5.41) is 9.98. The van der Waals surface area contributed by atoms with Crippen LogP contribution < -0.4 is 0 Å². The predicted octanol–water partition coefficient (Wildman–Crippen LogP) is 1.77. The van der Waals surface area contributed by atoms with Crippen LogP contribution in [0.5, 0.6) is 0 Å². The van der Waals surface area contributed by atoms with E-state index in [0.717, 1.165) is 6.42 Å². The fraction of sp³-hybridized carbons (Fsp3) is 0.444. The molecule has 0 aromatic carbocycles. The third-order valence-corrected chi connectivity index (χ3v) is 2.34. The Bertz CT molecular complexity index is 470. The van der Waals surface area contributed by atoms with Crippen molar-refractivity contribution in [1.82, 2.24) is 19.5 Å². The van der Waals surface area contributed by atoms with E-state index in [1.54, 1.807) is 17.1 Å². The molecule has 0 fully saturated rings. The Morgan fingerprint density at radius 3 is 3.07 bits per heavy atom. The van der Waals surface area contributed by atoms with E-state index in [-0.39, 0.29) is 5.28 Å². The third kappa shape index (κ3) is 1.93. The largest absolute Gasteiger partial charge is 0.373 e. The van der Waals surface area contributed by atoms with Crippen molar-refractivity contribution < 1.29 is 5.11 Å². The standard InChI is InChI=1S/C9H11ClN4O/c1-2-3-7(15)14-5-12-6-4-11-9(10)13-8(6)14/h4-5,7,15H,2-3H2,1H3. The van der Waals surface area contributed by atoms with Gasteiger partial charge in [-0.3, -0.25) is 4.57 Å². The molecule has 5 nitrogen and oxygen atoms in total. The Balaban J connectivity index is 2.47. The van der Waals surface area contributed by atoms with Gasteiger partial charge in [0, 0.05) is 0 Å². The molecule has 2 rings (SSSR count). The lowest BCUT2D eigenvalue weighted by Gasteiger charge is -2.10. The maximum absolute atomic E-state index is 9.82. The van der Waals surface area contributed by atoms with Gasteiger partial charge in [0.25, 0.3) is 0 Å². The van der Waals surface area contributed by atoms with Gasteiger partial charge in [0.05, 0.1) is 12.5 Å². The van der Waals surface area contributed by atoms with E-state index in [4.69, 9.17) is 11.6 Å². The minimum atomic E-state index is -0.606. The van der Waals surface area contributed by atoms with E-state index < -0.39 is 6.23 Å². The molecule has 1 unspecified atom stereocenters. The highest BCUT2D eigenvalue weighted by Crippen LogP contribution is 2.17. The summed E-state index contributed by atoms with van der Waals surface area (Å²) in [7, 11) is 0. The van der Waals surface area contributed by atoms with Gasteiger partial charge in [-0.05, 0) is 18.0 Å². The number of aliphatic hydroxyl groups is 1. The van der Waals surface area contributed by atoms with Gasteiger partial charge in [-0.1, -0.05) is 13.3 Å². The number of halogens is 1. The van der Waals surface area contributed by atoms with Gasteiger partial charge in [0.2, 0.25) is 5.28 Å². The summed E-state index contributed by atoms with van der Waals surface area (Å²) in [5.74, 6) is 0. The van der Waals surface area contributed by atoms with Crippen LogP contribution >= 0.6 is 11.6 Å². The van der Waals surface area contributed by atoms with Crippen LogP contribution in [0.4, 0.5) is 0 Å². The van der Waals surface area contributed by atoms with E-state index in [0.29, 0.717) is 17.6 Å². The number of hydrogen-bond acceptors (Lipinski definition) is 4. The van der Waals surface area contributed by atoms with Gasteiger partial charge in [-0.15, -0.1) is 0 Å². The van der Waals surface area contributed by atoms with Crippen molar-refractivity contribution in [2.45, 2.75) is 26.0 Å². The number of aliphatic hydroxyl groups excluding tert-OH is 1. The molecule has 0 amide bonds. The molecule has 0 radical (unpaired) electrons. The lowest BCUT2D eigenvalue weighted by atomic mass is 10.3. The number of rotatable bonds is 3. The van der Waals surface area contributed by atoms with Crippen LogP contribution in [-0.2, 0) is 0 Å². The van der Waals surface area contributed by atoms with Gasteiger partial charge in [0.1, 0.15) is 11.7 Å². The van der Waals surface area contributed by atoms with Crippen molar-refractivity contribution >= 4 is 22.8 Å². The molecule has 15 heavy (non-hydrogen) atoms. The molecule has 1 atom stereocenters. The SMILES string of the molecule is CCCC(O)n1cnc2cnc(Cl)nc21. The van der Waals surface area contributed by atoms with Crippen LogP contribution in [0.2, 0.25) is 5.28 Å². The summed E-state index contributed by atoms with van der Waals surface area (Å²) < 4.78 is 1.60. The van der Waals surface area contributed by atoms with Crippen molar-refractivity contribution in [2.75, 3.05) is 0 Å². The van der Waals surface area contributed by atoms with Crippen LogP contribution in [0.15, 0.2) is 12.5 Å². The predicted molar refractivity (Wildman–Crippen MR) is 56.5 cm³/mol. The molecule has 0 saturated carbocycles. The molecule has 0 saturated heterocycles. The molecule has 0 spiro atoms. The number of nitrogens with zero attached hydrogens (tertiary/aromatic N) is 4. The Kier molecular flexibility index (Phi) is 2.83. The highest BCUT2D eigenvalue weighted by molar-refractivity contribution is 6.28. The Hall–Kier alpha value is -1.20. The molecule has 0 aliphatic carbocycles. The smallest absolute Gasteiger partial charge is 0.224 e. The first-order chi connectivity index (χ1) is 7.22. The first-order valence-electron chi connectivity index (χ1n) is 4.75. The second kappa shape index (κ2) is 4.12. The fourth-order valence-electron chi connectivity index (χ4n) is 1.42. The van der Waals surface area contributed by atoms with Gasteiger partial charge < -0.3 is 5.11 Å². The van der Waals surface area contributed by atoms with Crippen molar-refractivity contribution in [3.05, 3.63) is 17.8 Å². The minimum Gasteiger partial charge on any atom is -0.373 e. The maximum Gasteiger partial charge on any atom is 0.224 e. The topological polar surface area (TPSA) is 63.8 Å². The second-order valence-corrected chi connectivity index (χ2v) is 3.61. The van der Waals surface area contributed by atoms with Crippen LogP contribution in [0.25, 0.3) is 11.2 Å². The van der Waals surface area contributed by atoms with E-state index in [1.807, 2.05) is 6.92 Å². The van der Waals surface area contributed by atoms with Crippen LogP contribution in [-0.4, -0.2) is 24.6 Å². The lowest BCUT2D eigenvalue weighted by molar-refractivity contribution is 0.0971. The molecular weight excluding hydrogens is 216 g/mol. The summed E-state index contributed by atoms with van der Waals surface area (Å²) in [6.07, 6.45) is 4.04. The average Bonchev–Trinajstić information content (AvgIpc) is 2.60. The zero-order valence-corrected chi connectivity index (χ0v) is 9.02. The summed E-state index contributed by atoms with van der Waals surface area (Å²) in [4.78, 5) is 11.9. The van der Waals surface area contributed by atoms with E-state index in [1.165, 1.54) is 0 Å². The highest BCUT2D eigenvalue weighted by atomic mass is 35.5. The molecule has 0 aliphatic rings. The van der Waals surface area contributed by atoms with Crippen LogP contribution in [0.1, 0.15) is 26.0 Å². The first kappa shape index (κ1) is 10.3. The van der Waals surface area contributed by atoms with Gasteiger partial charge in [0.15, 0.2) is 5.65 Å². The first-order valence-corrected chi connectivity index (χ1v) is 5.13. The van der Waals surface area contributed by atoms with Crippen molar-refractivity contribution in [3.63, 3.8) is 0 Å². The summed E-state index contributed by atoms with van der Waals surface area (Å²) in [6, 6.07) is 0. The Labute approximate surface area is 91.7 Å². The molecule has 1 N–H and O–H groups in total.